The van der Waals surface area contributed by atoms with Gasteiger partial charge in [0, 0.05) is 33.2 Å². The van der Waals surface area contributed by atoms with Gasteiger partial charge in [-0.25, -0.2) is 4.39 Å². The van der Waals surface area contributed by atoms with Crippen LogP contribution >= 0.6 is 11.6 Å². The van der Waals surface area contributed by atoms with Crippen LogP contribution in [0.1, 0.15) is 21.5 Å². The Balaban J connectivity index is 2.12. The molecule has 0 atom stereocenters. The fraction of sp³-hybridized carbons (Fsp3) is 0.0625. The molecule has 0 bridgehead atoms. The van der Waals surface area contributed by atoms with E-state index in [9.17, 15) is 9.18 Å². The van der Waals surface area contributed by atoms with Crippen molar-refractivity contribution in [3.63, 3.8) is 0 Å². The van der Waals surface area contributed by atoms with Gasteiger partial charge in [-0.1, -0.05) is 23.7 Å². The zero-order chi connectivity index (χ0) is 14.3. The van der Waals surface area contributed by atoms with Crippen LogP contribution in [0, 0.1) is 12.7 Å². The molecule has 0 fully saturated rings. The van der Waals surface area contributed by atoms with Crippen molar-refractivity contribution in [1.82, 2.24) is 4.98 Å². The van der Waals surface area contributed by atoms with Gasteiger partial charge < -0.3 is 4.98 Å². The molecular weight excluding hydrogens is 277 g/mol. The van der Waals surface area contributed by atoms with Crippen molar-refractivity contribution in [1.29, 1.82) is 0 Å². The summed E-state index contributed by atoms with van der Waals surface area (Å²) in [6.45, 7) is 1.87. The summed E-state index contributed by atoms with van der Waals surface area (Å²) < 4.78 is 13.3. The maximum absolute atomic E-state index is 13.3. The molecule has 0 amide bonds. The summed E-state index contributed by atoms with van der Waals surface area (Å²) in [6, 6.07) is 9.48. The topological polar surface area (TPSA) is 32.9 Å². The van der Waals surface area contributed by atoms with E-state index in [0.717, 1.165) is 11.1 Å². The van der Waals surface area contributed by atoms with Crippen molar-refractivity contribution in [3.05, 3.63) is 70.1 Å². The summed E-state index contributed by atoms with van der Waals surface area (Å²) in [6.07, 6.45) is 1.60. The van der Waals surface area contributed by atoms with E-state index < -0.39 is 0 Å². The lowest BCUT2D eigenvalue weighted by Crippen LogP contribution is -2.00. The lowest BCUT2D eigenvalue weighted by atomic mass is 10.0. The number of aromatic nitrogens is 1. The van der Waals surface area contributed by atoms with Gasteiger partial charge in [-0.3, -0.25) is 4.79 Å². The van der Waals surface area contributed by atoms with Gasteiger partial charge in [-0.15, -0.1) is 0 Å². The molecule has 4 heteroatoms. The fourth-order valence-electron chi connectivity index (χ4n) is 2.17. The molecule has 0 spiro atoms. The number of rotatable bonds is 2. The Labute approximate surface area is 120 Å². The van der Waals surface area contributed by atoms with Crippen LogP contribution in [0.25, 0.3) is 10.9 Å². The van der Waals surface area contributed by atoms with Gasteiger partial charge in [0.25, 0.3) is 0 Å². The Morgan fingerprint density at radius 3 is 2.75 bits per heavy atom. The van der Waals surface area contributed by atoms with Gasteiger partial charge in [0.05, 0.1) is 0 Å². The first-order valence-electron chi connectivity index (χ1n) is 6.14. The number of aryl methyl sites for hydroxylation is 1. The number of nitrogens with one attached hydrogen (secondary N) is 1. The molecule has 1 aromatic heterocycles. The zero-order valence-corrected chi connectivity index (χ0v) is 11.5. The number of halogens is 2. The maximum Gasteiger partial charge on any atom is 0.195 e. The highest BCUT2D eigenvalue weighted by molar-refractivity contribution is 6.32. The Morgan fingerprint density at radius 1 is 1.20 bits per heavy atom. The Morgan fingerprint density at radius 2 is 2.00 bits per heavy atom. The first-order valence-corrected chi connectivity index (χ1v) is 6.51. The summed E-state index contributed by atoms with van der Waals surface area (Å²) >= 11 is 6.04. The summed E-state index contributed by atoms with van der Waals surface area (Å²) in [5, 5.41) is 1.12. The van der Waals surface area contributed by atoms with Gasteiger partial charge in [0.1, 0.15) is 5.82 Å². The van der Waals surface area contributed by atoms with Crippen LogP contribution in [-0.4, -0.2) is 10.8 Å². The number of hydrogen-bond donors (Lipinski definition) is 1. The van der Waals surface area contributed by atoms with Crippen molar-refractivity contribution in [2.75, 3.05) is 0 Å². The molecule has 0 aliphatic heterocycles. The highest BCUT2D eigenvalue weighted by atomic mass is 35.5. The molecule has 3 aromatic rings. The highest BCUT2D eigenvalue weighted by Gasteiger charge is 2.15. The van der Waals surface area contributed by atoms with Gasteiger partial charge in [-0.05, 0) is 36.8 Å². The number of ketones is 1. The molecule has 1 N–H and O–H groups in total. The van der Waals surface area contributed by atoms with E-state index in [2.05, 4.69) is 4.98 Å². The van der Waals surface area contributed by atoms with Crippen LogP contribution in [0.5, 0.6) is 0 Å². The Bertz CT molecular complexity index is 822. The summed E-state index contributed by atoms with van der Waals surface area (Å²) in [7, 11) is 0. The van der Waals surface area contributed by atoms with Gasteiger partial charge >= 0.3 is 0 Å². The van der Waals surface area contributed by atoms with E-state index in [-0.39, 0.29) is 11.6 Å². The van der Waals surface area contributed by atoms with Crippen molar-refractivity contribution in [2.24, 2.45) is 0 Å². The second-order valence-corrected chi connectivity index (χ2v) is 5.09. The molecule has 100 valence electrons. The number of benzene rings is 2. The van der Waals surface area contributed by atoms with E-state index in [4.69, 9.17) is 11.6 Å². The molecule has 0 aliphatic carbocycles. The molecule has 1 heterocycles. The maximum atomic E-state index is 13.3. The number of carbonyl (C=O) groups excluding carboxylic acids is 1. The third-order valence-corrected chi connectivity index (χ3v) is 3.73. The van der Waals surface area contributed by atoms with Crippen molar-refractivity contribution < 1.29 is 9.18 Å². The molecule has 2 nitrogen and oxygen atoms in total. The SMILES string of the molecule is Cc1ccc(C(=O)c2c[nH]c3ccc(F)cc23)cc1Cl. The van der Waals surface area contributed by atoms with E-state index in [1.54, 1.807) is 30.5 Å². The molecule has 0 aliphatic rings. The fourth-order valence-corrected chi connectivity index (χ4v) is 2.35. The largest absolute Gasteiger partial charge is 0.360 e. The van der Waals surface area contributed by atoms with E-state index in [1.807, 2.05) is 6.92 Å². The highest BCUT2D eigenvalue weighted by Crippen LogP contribution is 2.24. The second-order valence-electron chi connectivity index (χ2n) is 4.69. The van der Waals surface area contributed by atoms with Crippen molar-refractivity contribution >= 4 is 28.3 Å². The van der Waals surface area contributed by atoms with Gasteiger partial charge in [0.15, 0.2) is 5.78 Å². The van der Waals surface area contributed by atoms with Crippen LogP contribution in [0.3, 0.4) is 0 Å². The predicted molar refractivity (Wildman–Crippen MR) is 77.9 cm³/mol. The van der Waals surface area contributed by atoms with E-state index >= 15 is 0 Å². The van der Waals surface area contributed by atoms with Gasteiger partial charge in [0.2, 0.25) is 0 Å². The molecule has 0 unspecified atom stereocenters. The van der Waals surface area contributed by atoms with Crippen LogP contribution < -0.4 is 0 Å². The zero-order valence-electron chi connectivity index (χ0n) is 10.7. The minimum atomic E-state index is -0.368. The third kappa shape index (κ3) is 2.10. The number of H-pyrrole nitrogens is 1. The molecule has 3 rings (SSSR count). The normalized spacial score (nSPS) is 10.9. The number of hydrogen-bond acceptors (Lipinski definition) is 1. The molecule has 0 saturated carbocycles. The summed E-state index contributed by atoms with van der Waals surface area (Å²) in [5.74, 6) is -0.545. The van der Waals surface area contributed by atoms with Crippen molar-refractivity contribution in [3.8, 4) is 0 Å². The molecule has 0 radical (unpaired) electrons. The van der Waals surface area contributed by atoms with E-state index in [1.165, 1.54) is 12.1 Å². The third-order valence-electron chi connectivity index (χ3n) is 3.32. The molecule has 20 heavy (non-hydrogen) atoms. The van der Waals surface area contributed by atoms with Crippen LogP contribution in [0.4, 0.5) is 4.39 Å². The number of fused-ring (bicyclic) bond motifs is 1. The Hall–Kier alpha value is -2.13. The average Bonchev–Trinajstić information content (AvgIpc) is 2.84. The van der Waals surface area contributed by atoms with E-state index in [0.29, 0.717) is 21.5 Å². The quantitative estimate of drug-likeness (QED) is 0.692. The predicted octanol–water partition coefficient (Wildman–Crippen LogP) is 4.50. The smallest absolute Gasteiger partial charge is 0.195 e. The minimum Gasteiger partial charge on any atom is -0.360 e. The second kappa shape index (κ2) is 4.76. The number of carbonyl (C=O) groups is 1. The van der Waals surface area contributed by atoms with Gasteiger partial charge in [-0.2, -0.15) is 0 Å². The summed E-state index contributed by atoms with van der Waals surface area (Å²) in [4.78, 5) is 15.5. The standard InChI is InChI=1S/C16H11ClFNO/c1-9-2-3-10(6-14(9)17)16(20)13-8-19-15-5-4-11(18)7-12(13)15/h2-8,19H,1H3. The first-order chi connectivity index (χ1) is 9.56. The summed E-state index contributed by atoms with van der Waals surface area (Å²) in [5.41, 5.74) is 2.58. The molecular formula is C16H11ClFNO. The van der Waals surface area contributed by atoms with Crippen LogP contribution in [-0.2, 0) is 0 Å². The van der Waals surface area contributed by atoms with Crippen LogP contribution in [0.15, 0.2) is 42.6 Å². The monoisotopic (exact) mass is 287 g/mol. The average molecular weight is 288 g/mol. The molecule has 0 saturated heterocycles. The minimum absolute atomic E-state index is 0.177. The lowest BCUT2D eigenvalue weighted by molar-refractivity contribution is 0.104. The first kappa shape index (κ1) is 12.9. The lowest BCUT2D eigenvalue weighted by Gasteiger charge is -2.03. The van der Waals surface area contributed by atoms with Crippen LogP contribution in [0.2, 0.25) is 5.02 Å². The molecule has 2 aromatic carbocycles. The Kier molecular flexibility index (Phi) is 3.07. The van der Waals surface area contributed by atoms with Crippen molar-refractivity contribution in [2.45, 2.75) is 6.92 Å². The number of aromatic amines is 1.